The Balaban J connectivity index is 1.61. The number of benzene rings is 1. The molecule has 4 rings (SSSR count). The average molecular weight is 303 g/mol. The van der Waals surface area contributed by atoms with Gasteiger partial charge in [0.25, 0.3) is 0 Å². The van der Waals surface area contributed by atoms with Gasteiger partial charge in [0.05, 0.1) is 22.9 Å². The van der Waals surface area contributed by atoms with Gasteiger partial charge in [-0.3, -0.25) is 4.98 Å². The van der Waals surface area contributed by atoms with Gasteiger partial charge in [-0.15, -0.1) is 0 Å². The second-order valence-corrected chi connectivity index (χ2v) is 5.91. The molecule has 2 aliphatic rings. The number of rotatable bonds is 3. The number of carboxylic acids is 1. The lowest BCUT2D eigenvalue weighted by molar-refractivity contribution is -0.394. The van der Waals surface area contributed by atoms with Crippen molar-refractivity contribution in [2.24, 2.45) is 0 Å². The third-order valence-corrected chi connectivity index (χ3v) is 4.37. The first-order valence-electron chi connectivity index (χ1n) is 7.48. The summed E-state index contributed by atoms with van der Waals surface area (Å²) >= 11 is 0. The van der Waals surface area contributed by atoms with Crippen molar-refractivity contribution in [3.63, 3.8) is 0 Å². The largest absolute Gasteiger partial charge is 0.478 e. The van der Waals surface area contributed by atoms with Crippen LogP contribution in [0.3, 0.4) is 0 Å². The smallest absolute Gasteiger partial charge is 0.336 e. The van der Waals surface area contributed by atoms with E-state index in [9.17, 15) is 9.90 Å². The summed E-state index contributed by atoms with van der Waals surface area (Å²) in [5.41, 5.74) is 6.70. The maximum atomic E-state index is 11.3. The molecule has 1 aliphatic carbocycles. The van der Waals surface area contributed by atoms with E-state index in [0.29, 0.717) is 12.0 Å². The highest BCUT2D eigenvalue weighted by atomic mass is 16.4. The Morgan fingerprint density at radius 1 is 1.39 bits per heavy atom. The first kappa shape index (κ1) is 13.7. The molecule has 1 aromatic heterocycles. The van der Waals surface area contributed by atoms with Gasteiger partial charge in [0.15, 0.2) is 5.87 Å². The summed E-state index contributed by atoms with van der Waals surface area (Å²) in [4.78, 5) is 15.6. The number of hydrogen-bond acceptors (Lipinski definition) is 2. The van der Waals surface area contributed by atoms with Gasteiger partial charge in [0.2, 0.25) is 5.69 Å². The lowest BCUT2D eigenvalue weighted by Gasteiger charge is -2.05. The minimum Gasteiger partial charge on any atom is -0.478 e. The highest BCUT2D eigenvalue weighted by molar-refractivity contribution is 5.91. The summed E-state index contributed by atoms with van der Waals surface area (Å²) in [7, 11) is 1.99. The fourth-order valence-electron chi connectivity index (χ4n) is 3.21. The quantitative estimate of drug-likeness (QED) is 0.887. The molecule has 0 unspecified atom stereocenters. The predicted molar refractivity (Wildman–Crippen MR) is 88.3 cm³/mol. The molecule has 1 N–H and O–H groups in total. The number of nitrogens with zero attached hydrogens (tertiary/aromatic N) is 2. The Hall–Kier alpha value is -2.97. The Kier molecular flexibility index (Phi) is 3.00. The second-order valence-electron chi connectivity index (χ2n) is 5.91. The topological polar surface area (TPSA) is 53.2 Å². The lowest BCUT2D eigenvalue weighted by atomic mass is 10.00. The third kappa shape index (κ3) is 2.30. The van der Waals surface area contributed by atoms with Gasteiger partial charge in [-0.1, -0.05) is 11.6 Å². The molecular weight excluding hydrogens is 288 g/mol. The fourth-order valence-corrected chi connectivity index (χ4v) is 3.21. The first-order chi connectivity index (χ1) is 11.1. The molecule has 1 aliphatic heterocycles. The van der Waals surface area contributed by atoms with Crippen molar-refractivity contribution in [3.05, 3.63) is 64.0 Å². The minimum atomic E-state index is -0.890. The van der Waals surface area contributed by atoms with E-state index in [4.69, 9.17) is 0 Å². The number of aromatic nitrogens is 1. The molecule has 4 nitrogen and oxygen atoms in total. The van der Waals surface area contributed by atoms with Crippen LogP contribution in [0.25, 0.3) is 12.2 Å². The lowest BCUT2D eigenvalue weighted by Crippen LogP contribution is -2.04. The van der Waals surface area contributed by atoms with Crippen LogP contribution in [0.1, 0.15) is 32.7 Å². The second kappa shape index (κ2) is 5.04. The zero-order chi connectivity index (χ0) is 16.0. The summed E-state index contributed by atoms with van der Waals surface area (Å²) in [5, 5.41) is 9.29. The van der Waals surface area contributed by atoms with E-state index in [1.807, 2.05) is 23.8 Å². The van der Waals surface area contributed by atoms with Crippen molar-refractivity contribution in [3.8, 4) is 0 Å². The summed E-state index contributed by atoms with van der Waals surface area (Å²) in [5.74, 6) is 2.27. The normalized spacial score (nSPS) is 14.3. The van der Waals surface area contributed by atoms with Gasteiger partial charge in [-0.25, -0.2) is 4.79 Å². The number of carbonyl (C=O) groups is 1. The average Bonchev–Trinajstić information content (AvgIpc) is 3.10. The number of pyridine rings is 1. The minimum absolute atomic E-state index is 0.355. The molecule has 0 bridgehead atoms. The highest BCUT2D eigenvalue weighted by Gasteiger charge is 2.22. The van der Waals surface area contributed by atoms with Gasteiger partial charge in [0, 0.05) is 12.3 Å². The van der Waals surface area contributed by atoms with Crippen LogP contribution in [0, 0.1) is 0 Å². The van der Waals surface area contributed by atoms with E-state index in [0.717, 1.165) is 23.4 Å². The molecule has 4 heteroatoms. The van der Waals surface area contributed by atoms with E-state index in [1.165, 1.54) is 16.7 Å². The third-order valence-electron chi connectivity index (χ3n) is 4.37. The summed E-state index contributed by atoms with van der Waals surface area (Å²) in [6.45, 7) is 0. The summed E-state index contributed by atoms with van der Waals surface area (Å²) in [6, 6.07) is 7.96. The Morgan fingerprint density at radius 2 is 2.26 bits per heavy atom. The molecule has 23 heavy (non-hydrogen) atoms. The van der Waals surface area contributed by atoms with Crippen molar-refractivity contribution in [2.75, 3.05) is 7.05 Å². The number of allylic oxidation sites excluding steroid dienone is 1. The van der Waals surface area contributed by atoms with E-state index in [2.05, 4.69) is 29.1 Å². The molecule has 0 saturated carbocycles. The van der Waals surface area contributed by atoms with Crippen LogP contribution in [0.5, 0.6) is 0 Å². The molecule has 112 valence electrons. The molecule has 0 fully saturated rings. The Morgan fingerprint density at radius 3 is 3.09 bits per heavy atom. The van der Waals surface area contributed by atoms with E-state index in [1.54, 1.807) is 12.3 Å². The number of fused-ring (bicyclic) bond motifs is 2. The zero-order valence-corrected chi connectivity index (χ0v) is 12.7. The van der Waals surface area contributed by atoms with Crippen LogP contribution < -0.4 is 0 Å². The number of hydrogen-bond donors (Lipinski definition) is 1. The van der Waals surface area contributed by atoms with Crippen LogP contribution in [-0.4, -0.2) is 33.6 Å². The van der Waals surface area contributed by atoms with E-state index < -0.39 is 5.97 Å². The molecule has 0 radical (unpaired) electrons. The number of aromatic carboxylic acids is 1. The van der Waals surface area contributed by atoms with Crippen molar-refractivity contribution >= 4 is 29.7 Å². The monoisotopic (exact) mass is 303 g/mol. The zero-order valence-electron chi connectivity index (χ0n) is 12.7. The molecule has 0 spiro atoms. The van der Waals surface area contributed by atoms with Crippen LogP contribution in [0.4, 0.5) is 5.69 Å². The van der Waals surface area contributed by atoms with Gasteiger partial charge in [-0.2, -0.15) is 4.58 Å². The van der Waals surface area contributed by atoms with E-state index >= 15 is 0 Å². The van der Waals surface area contributed by atoms with E-state index in [-0.39, 0.29) is 0 Å². The molecule has 2 aromatic rings. The molecule has 0 amide bonds. The maximum Gasteiger partial charge on any atom is 0.336 e. The van der Waals surface area contributed by atoms with Crippen molar-refractivity contribution < 1.29 is 14.5 Å². The van der Waals surface area contributed by atoms with Gasteiger partial charge in [-0.05, 0) is 42.2 Å². The highest BCUT2D eigenvalue weighted by Crippen LogP contribution is 2.30. The van der Waals surface area contributed by atoms with Crippen LogP contribution in [0.15, 0.2) is 36.0 Å². The molecule has 0 atom stereocenters. The van der Waals surface area contributed by atoms with Crippen molar-refractivity contribution in [1.82, 2.24) is 4.98 Å². The molecule has 0 saturated heterocycles. The Bertz CT molecular complexity index is 948. The maximum absolute atomic E-state index is 11.3. The van der Waals surface area contributed by atoms with Crippen LogP contribution in [-0.2, 0) is 12.8 Å². The molecular formula is C19H15N2O2+. The first-order valence-corrected chi connectivity index (χ1v) is 7.48. The van der Waals surface area contributed by atoms with Crippen LogP contribution >= 0.6 is 0 Å². The SMILES string of the molecule is C[N+]1=C=Cc2ccc(CC3=Cc4nccc(C(=O)O)c4C3)cc21. The molecule has 1 aromatic carbocycles. The van der Waals surface area contributed by atoms with Gasteiger partial charge < -0.3 is 5.11 Å². The molecule has 2 heterocycles. The summed E-state index contributed by atoms with van der Waals surface area (Å²) < 4.78 is 1.99. The van der Waals surface area contributed by atoms with Crippen LogP contribution in [0.2, 0.25) is 0 Å². The summed E-state index contributed by atoms with van der Waals surface area (Å²) in [6.07, 6.45) is 7.02. The number of carboxylic acid groups (broad SMARTS) is 1. The standard InChI is InChI=1S/C19H14N2O2/c1-21-7-5-14-3-2-12(11-18(14)21)8-13-9-16-15(19(22)23)4-6-20-17(16)10-13/h2-6,10-11H,8-9H2,1H3/p+1. The fraction of sp³-hybridized carbons (Fsp3) is 0.158. The Labute approximate surface area is 133 Å². The van der Waals surface area contributed by atoms with Gasteiger partial charge in [0.1, 0.15) is 7.05 Å². The van der Waals surface area contributed by atoms with Crippen molar-refractivity contribution in [1.29, 1.82) is 0 Å². The van der Waals surface area contributed by atoms with Gasteiger partial charge >= 0.3 is 5.97 Å². The predicted octanol–water partition coefficient (Wildman–Crippen LogP) is 2.93. The van der Waals surface area contributed by atoms with Crippen molar-refractivity contribution in [2.45, 2.75) is 12.8 Å².